The molecule has 0 aliphatic heterocycles. The zero-order valence-electron chi connectivity index (χ0n) is 10.5. The van der Waals surface area contributed by atoms with Gasteiger partial charge in [0.15, 0.2) is 0 Å². The molecule has 19 heavy (non-hydrogen) atoms. The summed E-state index contributed by atoms with van der Waals surface area (Å²) in [5, 5.41) is 22.2. The number of hydrogen-bond acceptors (Lipinski definition) is 5. The predicted molar refractivity (Wildman–Crippen MR) is 65.3 cm³/mol. The first kappa shape index (κ1) is 14.8. The van der Waals surface area contributed by atoms with Gasteiger partial charge in [0.25, 0.3) is 0 Å². The third kappa shape index (κ3) is 5.30. The molecule has 1 aromatic heterocycles. The molecule has 8 heteroatoms. The van der Waals surface area contributed by atoms with E-state index in [0.29, 0.717) is 11.5 Å². The number of rotatable bonds is 6. The van der Waals surface area contributed by atoms with Gasteiger partial charge in [0, 0.05) is 19.2 Å². The number of carboxylic acids is 1. The van der Waals surface area contributed by atoms with E-state index < -0.39 is 18.0 Å². The van der Waals surface area contributed by atoms with Gasteiger partial charge in [-0.3, -0.25) is 0 Å². The second-order valence-corrected chi connectivity index (χ2v) is 3.83. The number of aromatic nitrogens is 2. The Labute approximate surface area is 109 Å². The molecular weight excluding hydrogens is 252 g/mol. The van der Waals surface area contributed by atoms with E-state index in [4.69, 9.17) is 10.2 Å². The molecule has 8 nitrogen and oxygen atoms in total. The Bertz CT molecular complexity index is 452. The number of aryl methyl sites for hydroxylation is 1. The molecule has 0 saturated carbocycles. The van der Waals surface area contributed by atoms with Gasteiger partial charge in [-0.2, -0.15) is 0 Å². The first-order chi connectivity index (χ1) is 9.02. The first-order valence-corrected chi connectivity index (χ1v) is 5.69. The Kier molecular flexibility index (Phi) is 5.68. The van der Waals surface area contributed by atoms with E-state index in [9.17, 15) is 9.59 Å². The van der Waals surface area contributed by atoms with Crippen LogP contribution >= 0.6 is 0 Å². The molecule has 0 saturated heterocycles. The van der Waals surface area contributed by atoms with Gasteiger partial charge in [-0.25, -0.2) is 19.6 Å². The van der Waals surface area contributed by atoms with E-state index in [1.807, 2.05) is 0 Å². The van der Waals surface area contributed by atoms with Crippen molar-refractivity contribution in [1.29, 1.82) is 0 Å². The van der Waals surface area contributed by atoms with Crippen molar-refractivity contribution in [1.82, 2.24) is 20.6 Å². The highest BCUT2D eigenvalue weighted by molar-refractivity contribution is 5.82. The summed E-state index contributed by atoms with van der Waals surface area (Å²) >= 11 is 0. The van der Waals surface area contributed by atoms with Crippen LogP contribution in [-0.4, -0.2) is 44.8 Å². The summed E-state index contributed by atoms with van der Waals surface area (Å²) in [6.07, 6.45) is 1.53. The van der Waals surface area contributed by atoms with Gasteiger partial charge in [0.05, 0.1) is 12.2 Å². The highest BCUT2D eigenvalue weighted by Crippen LogP contribution is 1.95. The average molecular weight is 268 g/mol. The lowest BCUT2D eigenvalue weighted by atomic mass is 10.2. The number of aliphatic hydroxyl groups excluding tert-OH is 1. The number of aliphatic carboxylic acids is 1. The van der Waals surface area contributed by atoms with Crippen LogP contribution in [0.5, 0.6) is 0 Å². The summed E-state index contributed by atoms with van der Waals surface area (Å²) in [5.41, 5.74) is 0.622. The van der Waals surface area contributed by atoms with Gasteiger partial charge in [-0.1, -0.05) is 0 Å². The molecule has 1 unspecified atom stereocenters. The monoisotopic (exact) mass is 268 g/mol. The van der Waals surface area contributed by atoms with E-state index in [1.165, 1.54) is 0 Å². The van der Waals surface area contributed by atoms with Crippen LogP contribution in [0.25, 0.3) is 0 Å². The quantitative estimate of drug-likeness (QED) is 0.547. The van der Waals surface area contributed by atoms with Crippen LogP contribution in [0.2, 0.25) is 0 Å². The van der Waals surface area contributed by atoms with Crippen molar-refractivity contribution in [2.75, 3.05) is 6.61 Å². The molecule has 2 amide bonds. The Balaban J connectivity index is 2.44. The minimum Gasteiger partial charge on any atom is -0.480 e. The second-order valence-electron chi connectivity index (χ2n) is 3.83. The predicted octanol–water partition coefficient (Wildman–Crippen LogP) is -0.580. The Hall–Kier alpha value is -2.22. The number of carboxylic acid groups (broad SMARTS) is 1. The van der Waals surface area contributed by atoms with E-state index in [1.54, 1.807) is 19.2 Å². The molecule has 1 heterocycles. The summed E-state index contributed by atoms with van der Waals surface area (Å²) in [6.45, 7) is 1.58. The number of carbonyl (C=O) groups excluding carboxylic acids is 1. The van der Waals surface area contributed by atoms with Crippen molar-refractivity contribution in [2.45, 2.75) is 25.9 Å². The van der Waals surface area contributed by atoms with Crippen molar-refractivity contribution >= 4 is 12.0 Å². The summed E-state index contributed by atoms with van der Waals surface area (Å²) in [7, 11) is 0. The number of urea groups is 1. The maximum Gasteiger partial charge on any atom is 0.326 e. The molecule has 0 aliphatic rings. The van der Waals surface area contributed by atoms with E-state index >= 15 is 0 Å². The smallest absolute Gasteiger partial charge is 0.326 e. The molecule has 1 aromatic rings. The van der Waals surface area contributed by atoms with Crippen molar-refractivity contribution < 1.29 is 19.8 Å². The van der Waals surface area contributed by atoms with Crippen LogP contribution in [0.1, 0.15) is 17.9 Å². The fourth-order valence-corrected chi connectivity index (χ4v) is 1.37. The maximum atomic E-state index is 11.5. The topological polar surface area (TPSA) is 124 Å². The number of hydrogen-bond donors (Lipinski definition) is 4. The van der Waals surface area contributed by atoms with Crippen LogP contribution < -0.4 is 10.6 Å². The normalized spacial score (nSPS) is 11.7. The van der Waals surface area contributed by atoms with Gasteiger partial charge in [0.1, 0.15) is 11.9 Å². The summed E-state index contributed by atoms with van der Waals surface area (Å²) in [4.78, 5) is 30.3. The van der Waals surface area contributed by atoms with Crippen LogP contribution in [0, 0.1) is 6.92 Å². The molecule has 0 aliphatic carbocycles. The standard InChI is InChI=1S/C11H16N4O4/c1-7-12-4-2-8(14-7)6-13-11(19)15-9(3-5-16)10(17)18/h2,4,9,16H,3,5-6H2,1H3,(H,17,18)(H2,13,15,19). The van der Waals surface area contributed by atoms with E-state index in [0.717, 1.165) is 0 Å². The van der Waals surface area contributed by atoms with Gasteiger partial charge in [-0.15, -0.1) is 0 Å². The average Bonchev–Trinajstić information content (AvgIpc) is 2.36. The van der Waals surface area contributed by atoms with Crippen molar-refractivity contribution in [3.63, 3.8) is 0 Å². The minimum absolute atomic E-state index is 0.0463. The molecule has 0 radical (unpaired) electrons. The van der Waals surface area contributed by atoms with Gasteiger partial charge >= 0.3 is 12.0 Å². The van der Waals surface area contributed by atoms with Gasteiger partial charge in [-0.05, 0) is 13.0 Å². The van der Waals surface area contributed by atoms with Crippen LogP contribution in [0.3, 0.4) is 0 Å². The van der Waals surface area contributed by atoms with E-state index in [2.05, 4.69) is 20.6 Å². The highest BCUT2D eigenvalue weighted by atomic mass is 16.4. The molecule has 104 valence electrons. The third-order valence-electron chi connectivity index (χ3n) is 2.28. The lowest BCUT2D eigenvalue weighted by Gasteiger charge is -2.13. The number of aliphatic hydroxyl groups is 1. The zero-order chi connectivity index (χ0) is 14.3. The van der Waals surface area contributed by atoms with Gasteiger partial charge in [0.2, 0.25) is 0 Å². The lowest BCUT2D eigenvalue weighted by Crippen LogP contribution is -2.46. The molecule has 1 rings (SSSR count). The second kappa shape index (κ2) is 7.27. The molecule has 1 atom stereocenters. The molecule has 0 spiro atoms. The van der Waals surface area contributed by atoms with Crippen LogP contribution in [0.4, 0.5) is 4.79 Å². The molecule has 0 bridgehead atoms. The van der Waals surface area contributed by atoms with Crippen LogP contribution in [-0.2, 0) is 11.3 Å². The zero-order valence-corrected chi connectivity index (χ0v) is 10.5. The fourth-order valence-electron chi connectivity index (χ4n) is 1.37. The Morgan fingerprint density at radius 1 is 1.47 bits per heavy atom. The maximum absolute atomic E-state index is 11.5. The lowest BCUT2D eigenvalue weighted by molar-refractivity contribution is -0.139. The first-order valence-electron chi connectivity index (χ1n) is 5.69. The molecule has 4 N–H and O–H groups in total. The van der Waals surface area contributed by atoms with Crippen molar-refractivity contribution in [3.05, 3.63) is 23.8 Å². The summed E-state index contributed by atoms with van der Waals surface area (Å²) in [5.74, 6) is -0.606. The molecule has 0 fully saturated rings. The Morgan fingerprint density at radius 3 is 2.79 bits per heavy atom. The van der Waals surface area contributed by atoms with E-state index in [-0.39, 0.29) is 19.6 Å². The summed E-state index contributed by atoms with van der Waals surface area (Å²) in [6, 6.07) is -0.0929. The fraction of sp³-hybridized carbons (Fsp3) is 0.455. The number of nitrogens with one attached hydrogen (secondary N) is 2. The largest absolute Gasteiger partial charge is 0.480 e. The van der Waals surface area contributed by atoms with Gasteiger partial charge < -0.3 is 20.8 Å². The van der Waals surface area contributed by atoms with Crippen molar-refractivity contribution in [2.24, 2.45) is 0 Å². The number of nitrogens with zero attached hydrogens (tertiary/aromatic N) is 2. The molecular formula is C11H16N4O4. The number of amides is 2. The molecule has 0 aromatic carbocycles. The van der Waals surface area contributed by atoms with Crippen molar-refractivity contribution in [3.8, 4) is 0 Å². The minimum atomic E-state index is -1.19. The van der Waals surface area contributed by atoms with Crippen LogP contribution in [0.15, 0.2) is 12.3 Å². The highest BCUT2D eigenvalue weighted by Gasteiger charge is 2.18. The number of carbonyl (C=O) groups is 2. The third-order valence-corrected chi connectivity index (χ3v) is 2.28. The SMILES string of the molecule is Cc1nccc(CNC(=O)NC(CCO)C(=O)O)n1. The Morgan fingerprint density at radius 2 is 2.21 bits per heavy atom. The summed E-state index contributed by atoms with van der Waals surface area (Å²) < 4.78 is 0.